The Kier molecular flexibility index (Phi) is 4.48. The minimum atomic E-state index is -3.76. The molecule has 0 spiro atoms. The Hall–Kier alpha value is -0.960. The SMILES string of the molecule is O=c1cc(Cl)[nH]nc1CS(=O)(=O)c1cnc(Cl)c(Br)c1. The average Bonchev–Trinajstić information content (AvgIpc) is 2.36. The first-order chi connectivity index (χ1) is 9.29. The van der Waals surface area contributed by atoms with Crippen molar-refractivity contribution in [3.05, 3.63) is 49.0 Å². The summed E-state index contributed by atoms with van der Waals surface area (Å²) in [5.74, 6) is -0.560. The highest BCUT2D eigenvalue weighted by Gasteiger charge is 2.20. The summed E-state index contributed by atoms with van der Waals surface area (Å²) >= 11 is 14.3. The van der Waals surface area contributed by atoms with Crippen LogP contribution in [-0.4, -0.2) is 23.6 Å². The zero-order valence-electron chi connectivity index (χ0n) is 9.60. The van der Waals surface area contributed by atoms with Crippen molar-refractivity contribution < 1.29 is 8.42 Å². The van der Waals surface area contributed by atoms with Crippen LogP contribution in [-0.2, 0) is 15.6 Å². The number of nitrogens with one attached hydrogen (secondary N) is 1. The van der Waals surface area contributed by atoms with E-state index < -0.39 is 21.0 Å². The number of H-pyrrole nitrogens is 1. The van der Waals surface area contributed by atoms with E-state index in [-0.39, 0.29) is 20.9 Å². The molecule has 20 heavy (non-hydrogen) atoms. The molecule has 0 aromatic carbocycles. The van der Waals surface area contributed by atoms with Gasteiger partial charge in [0.15, 0.2) is 9.84 Å². The second-order valence-corrected chi connectivity index (χ2v) is 7.34. The van der Waals surface area contributed by atoms with Crippen LogP contribution in [0.1, 0.15) is 5.69 Å². The Morgan fingerprint density at radius 1 is 1.30 bits per heavy atom. The molecule has 0 amide bonds. The second-order valence-electron chi connectivity index (χ2n) is 3.73. The van der Waals surface area contributed by atoms with E-state index in [9.17, 15) is 13.2 Å². The van der Waals surface area contributed by atoms with Crippen LogP contribution in [0.5, 0.6) is 0 Å². The van der Waals surface area contributed by atoms with Gasteiger partial charge < -0.3 is 0 Å². The van der Waals surface area contributed by atoms with Gasteiger partial charge in [-0.25, -0.2) is 13.4 Å². The van der Waals surface area contributed by atoms with Crippen LogP contribution in [0.15, 0.2) is 32.5 Å². The summed E-state index contributed by atoms with van der Waals surface area (Å²) in [7, 11) is -3.76. The first-order valence-electron chi connectivity index (χ1n) is 5.07. The molecule has 106 valence electrons. The number of halogens is 3. The summed E-state index contributed by atoms with van der Waals surface area (Å²) in [5.41, 5.74) is -0.709. The van der Waals surface area contributed by atoms with Crippen molar-refractivity contribution in [3.8, 4) is 0 Å². The number of aromatic nitrogens is 3. The van der Waals surface area contributed by atoms with E-state index >= 15 is 0 Å². The zero-order chi connectivity index (χ0) is 14.9. The number of pyridine rings is 1. The normalized spacial score (nSPS) is 11.6. The maximum atomic E-state index is 12.2. The summed E-state index contributed by atoms with van der Waals surface area (Å²) < 4.78 is 24.7. The number of hydrogen-bond donors (Lipinski definition) is 1. The molecule has 0 bridgehead atoms. The number of rotatable bonds is 3. The lowest BCUT2D eigenvalue weighted by atomic mass is 10.4. The first kappa shape index (κ1) is 15.4. The number of hydrogen-bond acceptors (Lipinski definition) is 5. The molecule has 10 heteroatoms. The molecule has 2 aromatic heterocycles. The monoisotopic (exact) mass is 397 g/mol. The zero-order valence-corrected chi connectivity index (χ0v) is 13.5. The average molecular weight is 399 g/mol. The molecule has 2 heterocycles. The van der Waals surface area contributed by atoms with Crippen molar-refractivity contribution in [2.24, 2.45) is 0 Å². The van der Waals surface area contributed by atoms with E-state index in [0.29, 0.717) is 4.47 Å². The number of sulfone groups is 1. The summed E-state index contributed by atoms with van der Waals surface area (Å²) in [5, 5.41) is 6.14. The molecule has 1 N–H and O–H groups in total. The third-order valence-corrected chi connectivity index (χ3v) is 5.22. The van der Waals surface area contributed by atoms with Crippen LogP contribution in [0.3, 0.4) is 0 Å². The highest BCUT2D eigenvalue weighted by atomic mass is 79.9. The minimum Gasteiger partial charge on any atom is -0.288 e. The van der Waals surface area contributed by atoms with E-state index in [1.807, 2.05) is 0 Å². The van der Waals surface area contributed by atoms with Crippen LogP contribution >= 0.6 is 39.1 Å². The van der Waals surface area contributed by atoms with Crippen molar-refractivity contribution in [3.63, 3.8) is 0 Å². The molecule has 2 rings (SSSR count). The van der Waals surface area contributed by atoms with Crippen LogP contribution in [0.25, 0.3) is 0 Å². The van der Waals surface area contributed by atoms with Gasteiger partial charge in [0.25, 0.3) is 0 Å². The van der Waals surface area contributed by atoms with Crippen molar-refractivity contribution in [2.45, 2.75) is 10.6 Å². The molecule has 0 aliphatic carbocycles. The van der Waals surface area contributed by atoms with Crippen LogP contribution in [0.4, 0.5) is 0 Å². The fourth-order valence-electron chi connectivity index (χ4n) is 1.35. The van der Waals surface area contributed by atoms with Crippen molar-refractivity contribution in [1.29, 1.82) is 0 Å². The lowest BCUT2D eigenvalue weighted by Gasteiger charge is -2.04. The van der Waals surface area contributed by atoms with Gasteiger partial charge in [-0.15, -0.1) is 0 Å². The van der Waals surface area contributed by atoms with Crippen LogP contribution in [0.2, 0.25) is 10.3 Å². The van der Waals surface area contributed by atoms with Crippen LogP contribution < -0.4 is 5.43 Å². The predicted octanol–water partition coefficient (Wildman–Crippen LogP) is 2.21. The fourth-order valence-corrected chi connectivity index (χ4v) is 3.34. The Labute approximate surface area is 132 Å². The fraction of sp³-hybridized carbons (Fsp3) is 0.100. The van der Waals surface area contributed by atoms with Gasteiger partial charge in [-0.2, -0.15) is 5.10 Å². The summed E-state index contributed by atoms with van der Waals surface area (Å²) in [4.78, 5) is 15.3. The molecule has 0 saturated carbocycles. The molecule has 0 atom stereocenters. The van der Waals surface area contributed by atoms with Crippen LogP contribution in [0, 0.1) is 0 Å². The van der Waals surface area contributed by atoms with Crippen molar-refractivity contribution in [2.75, 3.05) is 0 Å². The second kappa shape index (κ2) is 5.80. The number of nitrogens with zero attached hydrogens (tertiary/aromatic N) is 2. The molecular formula is C10H6BrCl2N3O3S. The molecule has 6 nitrogen and oxygen atoms in total. The predicted molar refractivity (Wildman–Crippen MR) is 77.7 cm³/mol. The summed E-state index contributed by atoms with van der Waals surface area (Å²) in [6.45, 7) is 0. The smallest absolute Gasteiger partial charge is 0.205 e. The van der Waals surface area contributed by atoms with Gasteiger partial charge in [0.05, 0.1) is 9.37 Å². The topological polar surface area (TPSA) is 92.8 Å². The molecule has 0 aliphatic heterocycles. The third-order valence-electron chi connectivity index (χ3n) is 2.30. The molecule has 2 aromatic rings. The lowest BCUT2D eigenvalue weighted by molar-refractivity contribution is 0.593. The largest absolute Gasteiger partial charge is 0.288 e. The van der Waals surface area contributed by atoms with E-state index in [0.717, 1.165) is 12.3 Å². The van der Waals surface area contributed by atoms with E-state index in [4.69, 9.17) is 23.2 Å². The molecule has 0 fully saturated rings. The molecule has 0 saturated heterocycles. The maximum Gasteiger partial charge on any atom is 0.205 e. The van der Waals surface area contributed by atoms with Gasteiger partial charge in [0.1, 0.15) is 21.8 Å². The van der Waals surface area contributed by atoms with Gasteiger partial charge in [-0.1, -0.05) is 23.2 Å². The highest BCUT2D eigenvalue weighted by molar-refractivity contribution is 9.10. The Balaban J connectivity index is 2.40. The maximum absolute atomic E-state index is 12.2. The van der Waals surface area contributed by atoms with Crippen molar-refractivity contribution in [1.82, 2.24) is 15.2 Å². The molecule has 0 radical (unpaired) electrons. The molecule has 0 aliphatic rings. The number of aromatic amines is 1. The van der Waals surface area contributed by atoms with Gasteiger partial charge in [0.2, 0.25) is 5.43 Å². The first-order valence-corrected chi connectivity index (χ1v) is 8.27. The Bertz CT molecular complexity index is 823. The quantitative estimate of drug-likeness (QED) is 0.800. The Morgan fingerprint density at radius 2 is 2.00 bits per heavy atom. The lowest BCUT2D eigenvalue weighted by Crippen LogP contribution is -2.17. The summed E-state index contributed by atoms with van der Waals surface area (Å²) in [6, 6.07) is 2.38. The van der Waals surface area contributed by atoms with E-state index in [2.05, 4.69) is 31.1 Å². The summed E-state index contributed by atoms with van der Waals surface area (Å²) in [6.07, 6.45) is 1.12. The van der Waals surface area contributed by atoms with Gasteiger partial charge in [-0.3, -0.25) is 9.89 Å². The van der Waals surface area contributed by atoms with Gasteiger partial charge in [-0.05, 0) is 22.0 Å². The van der Waals surface area contributed by atoms with E-state index in [1.165, 1.54) is 6.07 Å². The molecular weight excluding hydrogens is 393 g/mol. The Morgan fingerprint density at radius 3 is 2.60 bits per heavy atom. The van der Waals surface area contributed by atoms with Crippen molar-refractivity contribution >= 4 is 49.0 Å². The highest BCUT2D eigenvalue weighted by Crippen LogP contribution is 2.24. The third kappa shape index (κ3) is 3.38. The standard InChI is InChI=1S/C10H6BrCl2N3O3S/c11-6-1-5(3-14-10(6)13)20(18,19)4-7-8(17)2-9(12)16-15-7/h1-3H,4H2,(H,16,17). The van der Waals surface area contributed by atoms with Gasteiger partial charge in [0, 0.05) is 12.3 Å². The van der Waals surface area contributed by atoms with Gasteiger partial charge >= 0.3 is 0 Å². The van der Waals surface area contributed by atoms with E-state index in [1.54, 1.807) is 0 Å². The molecule has 0 unspecified atom stereocenters. The minimum absolute atomic E-state index is 0.0343.